The Kier molecular flexibility index (Phi) is 5.35. The summed E-state index contributed by atoms with van der Waals surface area (Å²) in [7, 11) is 0. The van der Waals surface area contributed by atoms with E-state index in [-0.39, 0.29) is 17.4 Å². The fourth-order valence-electron chi connectivity index (χ4n) is 2.09. The van der Waals surface area contributed by atoms with Crippen molar-refractivity contribution in [2.24, 2.45) is 0 Å². The monoisotopic (exact) mass is 317 g/mol. The van der Waals surface area contributed by atoms with Crippen LogP contribution in [0.2, 0.25) is 0 Å². The third kappa shape index (κ3) is 4.67. The summed E-state index contributed by atoms with van der Waals surface area (Å²) in [6, 6.07) is 12.0. The lowest BCUT2D eigenvalue weighted by Gasteiger charge is -2.19. The van der Waals surface area contributed by atoms with Gasteiger partial charge in [0.05, 0.1) is 18.1 Å². The molecule has 0 aliphatic rings. The summed E-state index contributed by atoms with van der Waals surface area (Å²) in [5.41, 5.74) is 1.45. The highest BCUT2D eigenvalue weighted by molar-refractivity contribution is 8.00. The summed E-state index contributed by atoms with van der Waals surface area (Å²) < 4.78 is 5.28. The minimum atomic E-state index is -0.105. The van der Waals surface area contributed by atoms with Gasteiger partial charge in [0.25, 0.3) is 0 Å². The number of rotatable bonds is 5. The molecule has 2 rings (SSSR count). The standard InChI is InChI=1S/C18H23NO2S/c1-13(16-6-5-11-21-16)19-17(20)12-22-15-9-7-14(8-10-15)18(2,3)4/h5-11,13H,12H2,1-4H3,(H,19,20)/t13-/m1/s1. The molecule has 4 heteroatoms. The van der Waals surface area contributed by atoms with Crippen LogP contribution >= 0.6 is 11.8 Å². The van der Waals surface area contributed by atoms with Gasteiger partial charge in [-0.3, -0.25) is 4.79 Å². The molecule has 118 valence electrons. The first-order valence-corrected chi connectivity index (χ1v) is 8.41. The SMILES string of the molecule is C[C@@H](NC(=O)CSc1ccc(C(C)(C)C)cc1)c1ccco1. The van der Waals surface area contributed by atoms with E-state index >= 15 is 0 Å². The van der Waals surface area contributed by atoms with E-state index in [1.54, 1.807) is 18.0 Å². The quantitative estimate of drug-likeness (QED) is 0.823. The third-order valence-electron chi connectivity index (χ3n) is 3.44. The molecule has 0 saturated heterocycles. The average Bonchev–Trinajstić information content (AvgIpc) is 2.99. The van der Waals surface area contributed by atoms with E-state index in [4.69, 9.17) is 4.42 Å². The summed E-state index contributed by atoms with van der Waals surface area (Å²) in [6.07, 6.45) is 1.61. The fraction of sp³-hybridized carbons (Fsp3) is 0.389. The van der Waals surface area contributed by atoms with Crippen molar-refractivity contribution in [2.45, 2.75) is 44.0 Å². The molecule has 3 nitrogen and oxygen atoms in total. The smallest absolute Gasteiger partial charge is 0.230 e. The molecule has 0 aliphatic heterocycles. The molecule has 1 aromatic heterocycles. The second-order valence-electron chi connectivity index (χ2n) is 6.37. The maximum Gasteiger partial charge on any atom is 0.230 e. The van der Waals surface area contributed by atoms with Crippen LogP contribution in [0.4, 0.5) is 0 Å². The molecule has 0 saturated carbocycles. The topological polar surface area (TPSA) is 42.2 Å². The molecule has 2 aromatic rings. The summed E-state index contributed by atoms with van der Waals surface area (Å²) in [4.78, 5) is 13.1. The Balaban J connectivity index is 1.83. The van der Waals surface area contributed by atoms with Gasteiger partial charge in [-0.2, -0.15) is 0 Å². The van der Waals surface area contributed by atoms with Crippen molar-refractivity contribution in [3.05, 3.63) is 54.0 Å². The molecular formula is C18H23NO2S. The number of furan rings is 1. The molecule has 0 spiro atoms. The van der Waals surface area contributed by atoms with Crippen LogP contribution in [0, 0.1) is 0 Å². The number of benzene rings is 1. The van der Waals surface area contributed by atoms with E-state index in [0.717, 1.165) is 10.7 Å². The predicted molar refractivity (Wildman–Crippen MR) is 91.1 cm³/mol. The van der Waals surface area contributed by atoms with Crippen molar-refractivity contribution in [2.75, 3.05) is 5.75 Å². The molecule has 0 fully saturated rings. The predicted octanol–water partition coefficient (Wildman–Crippen LogP) is 4.55. The van der Waals surface area contributed by atoms with Crippen molar-refractivity contribution in [1.82, 2.24) is 5.32 Å². The first-order chi connectivity index (χ1) is 10.4. The molecule has 0 aliphatic carbocycles. The van der Waals surface area contributed by atoms with Crippen LogP contribution in [0.15, 0.2) is 52.0 Å². The molecule has 1 amide bonds. The zero-order chi connectivity index (χ0) is 16.2. The number of thioether (sulfide) groups is 1. The molecule has 0 unspecified atom stereocenters. The molecule has 0 bridgehead atoms. The average molecular weight is 317 g/mol. The summed E-state index contributed by atoms with van der Waals surface area (Å²) in [6.45, 7) is 8.50. The number of hydrogen-bond donors (Lipinski definition) is 1. The number of amides is 1. The van der Waals surface area contributed by atoms with Crippen molar-refractivity contribution in [1.29, 1.82) is 0 Å². The maximum absolute atomic E-state index is 12.0. The zero-order valence-electron chi connectivity index (χ0n) is 13.6. The number of carbonyl (C=O) groups is 1. The lowest BCUT2D eigenvalue weighted by atomic mass is 9.87. The molecule has 0 radical (unpaired) electrons. The van der Waals surface area contributed by atoms with Gasteiger partial charge in [-0.15, -0.1) is 11.8 Å². The normalized spacial score (nSPS) is 12.9. The maximum atomic E-state index is 12.0. The number of carbonyl (C=O) groups excluding carboxylic acids is 1. The minimum Gasteiger partial charge on any atom is -0.467 e. The molecule has 1 heterocycles. The fourth-order valence-corrected chi connectivity index (χ4v) is 2.80. The van der Waals surface area contributed by atoms with Crippen LogP contribution in [-0.4, -0.2) is 11.7 Å². The van der Waals surface area contributed by atoms with Gasteiger partial charge < -0.3 is 9.73 Å². The summed E-state index contributed by atoms with van der Waals surface area (Å²) in [5.74, 6) is 1.18. The molecule has 1 N–H and O–H groups in total. The lowest BCUT2D eigenvalue weighted by Crippen LogP contribution is -2.27. The van der Waals surface area contributed by atoms with Gasteiger partial charge in [0.2, 0.25) is 5.91 Å². The van der Waals surface area contributed by atoms with Crippen LogP contribution in [0.25, 0.3) is 0 Å². The van der Waals surface area contributed by atoms with E-state index in [1.807, 2.05) is 19.1 Å². The van der Waals surface area contributed by atoms with Gasteiger partial charge in [-0.05, 0) is 42.2 Å². The summed E-state index contributed by atoms with van der Waals surface area (Å²) in [5, 5.41) is 2.93. The Labute approximate surface area is 136 Å². The van der Waals surface area contributed by atoms with Gasteiger partial charge in [-0.1, -0.05) is 32.9 Å². The molecule has 1 atom stereocenters. The van der Waals surface area contributed by atoms with Gasteiger partial charge in [0.1, 0.15) is 5.76 Å². The highest BCUT2D eigenvalue weighted by Crippen LogP contribution is 2.25. The van der Waals surface area contributed by atoms with Crippen molar-refractivity contribution in [3.8, 4) is 0 Å². The van der Waals surface area contributed by atoms with E-state index in [2.05, 4.69) is 50.4 Å². The Morgan fingerprint density at radius 1 is 1.23 bits per heavy atom. The van der Waals surface area contributed by atoms with E-state index in [9.17, 15) is 4.79 Å². The van der Waals surface area contributed by atoms with Crippen LogP contribution in [0.3, 0.4) is 0 Å². The highest BCUT2D eigenvalue weighted by Gasteiger charge is 2.14. The van der Waals surface area contributed by atoms with Crippen molar-refractivity contribution >= 4 is 17.7 Å². The van der Waals surface area contributed by atoms with Crippen LogP contribution < -0.4 is 5.32 Å². The van der Waals surface area contributed by atoms with Gasteiger partial charge in [0, 0.05) is 4.90 Å². The molecular weight excluding hydrogens is 294 g/mol. The molecule has 22 heavy (non-hydrogen) atoms. The van der Waals surface area contributed by atoms with Crippen molar-refractivity contribution < 1.29 is 9.21 Å². The zero-order valence-corrected chi connectivity index (χ0v) is 14.4. The van der Waals surface area contributed by atoms with Gasteiger partial charge in [-0.25, -0.2) is 0 Å². The number of hydrogen-bond acceptors (Lipinski definition) is 3. The Morgan fingerprint density at radius 2 is 1.91 bits per heavy atom. The lowest BCUT2D eigenvalue weighted by molar-refractivity contribution is -0.119. The second-order valence-corrected chi connectivity index (χ2v) is 7.42. The van der Waals surface area contributed by atoms with Gasteiger partial charge >= 0.3 is 0 Å². The Hall–Kier alpha value is -1.68. The van der Waals surface area contributed by atoms with Crippen molar-refractivity contribution in [3.63, 3.8) is 0 Å². The van der Waals surface area contributed by atoms with E-state index in [0.29, 0.717) is 5.75 Å². The summed E-state index contributed by atoms with van der Waals surface area (Å²) >= 11 is 1.54. The van der Waals surface area contributed by atoms with Crippen LogP contribution in [0.1, 0.15) is 45.1 Å². The Morgan fingerprint density at radius 3 is 2.45 bits per heavy atom. The van der Waals surface area contributed by atoms with Crippen LogP contribution in [-0.2, 0) is 10.2 Å². The largest absolute Gasteiger partial charge is 0.467 e. The van der Waals surface area contributed by atoms with E-state index in [1.165, 1.54) is 5.56 Å². The minimum absolute atomic E-state index is 0.00815. The molecule has 1 aromatic carbocycles. The first kappa shape index (κ1) is 16.7. The number of nitrogens with one attached hydrogen (secondary N) is 1. The van der Waals surface area contributed by atoms with E-state index < -0.39 is 0 Å². The first-order valence-electron chi connectivity index (χ1n) is 7.42. The second kappa shape index (κ2) is 7.05. The van der Waals surface area contributed by atoms with Gasteiger partial charge in [0.15, 0.2) is 0 Å². The Bertz CT molecular complexity index is 597. The van der Waals surface area contributed by atoms with Crippen LogP contribution in [0.5, 0.6) is 0 Å². The third-order valence-corrected chi connectivity index (χ3v) is 4.45. The highest BCUT2D eigenvalue weighted by atomic mass is 32.2.